The largest absolute Gasteiger partial charge is 0.379 e. The molecule has 120 valence electrons. The molecule has 1 aliphatic heterocycles. The normalized spacial score (nSPS) is 18.8. The van der Waals surface area contributed by atoms with Gasteiger partial charge in [-0.15, -0.1) is 0 Å². The molecule has 1 saturated heterocycles. The maximum absolute atomic E-state index is 12.5. The maximum atomic E-state index is 12.5. The first-order chi connectivity index (χ1) is 10.1. The summed E-state index contributed by atoms with van der Waals surface area (Å²) < 4.78 is 5.32. The number of morpholine rings is 1. The number of carbonyl (C=O) groups excluding carboxylic acids is 1. The molecule has 0 aliphatic carbocycles. The van der Waals surface area contributed by atoms with Gasteiger partial charge in [-0.1, -0.05) is 20.3 Å². The fraction of sp³-hybridized carbons (Fsp3) is 0.867. The highest BCUT2D eigenvalue weighted by atomic mass is 16.5. The van der Waals surface area contributed by atoms with Crippen LogP contribution < -0.4 is 5.73 Å². The molecular formula is C15H28N4O2. The molecule has 1 aliphatic rings. The number of nitrogens with two attached hydrogens (primary N) is 1. The molecule has 0 aromatic heterocycles. The van der Waals surface area contributed by atoms with Crippen molar-refractivity contribution in [1.29, 1.82) is 5.26 Å². The molecule has 0 aromatic carbocycles. The Morgan fingerprint density at radius 1 is 1.43 bits per heavy atom. The van der Waals surface area contributed by atoms with Crippen LogP contribution in [0.5, 0.6) is 0 Å². The number of hydrogen-bond donors (Lipinski definition) is 1. The van der Waals surface area contributed by atoms with Crippen LogP contribution in [-0.2, 0) is 9.53 Å². The summed E-state index contributed by atoms with van der Waals surface area (Å²) in [5, 5.41) is 8.76. The lowest BCUT2D eigenvalue weighted by Crippen LogP contribution is -2.50. The Balaban J connectivity index is 2.53. The van der Waals surface area contributed by atoms with Crippen LogP contribution in [0.25, 0.3) is 0 Å². The Hall–Kier alpha value is -1.16. The molecule has 2 N–H and O–H groups in total. The highest BCUT2D eigenvalue weighted by Gasteiger charge is 2.25. The summed E-state index contributed by atoms with van der Waals surface area (Å²) in [6.45, 7) is 9.23. The molecule has 2 unspecified atom stereocenters. The van der Waals surface area contributed by atoms with Crippen molar-refractivity contribution < 1.29 is 9.53 Å². The summed E-state index contributed by atoms with van der Waals surface area (Å²) in [4.78, 5) is 16.5. The van der Waals surface area contributed by atoms with Crippen LogP contribution in [0.15, 0.2) is 0 Å². The molecular weight excluding hydrogens is 268 g/mol. The van der Waals surface area contributed by atoms with E-state index < -0.39 is 6.04 Å². The topological polar surface area (TPSA) is 82.6 Å². The quantitative estimate of drug-likeness (QED) is 0.702. The van der Waals surface area contributed by atoms with Gasteiger partial charge >= 0.3 is 0 Å². The minimum Gasteiger partial charge on any atom is -0.379 e. The molecule has 1 heterocycles. The molecule has 1 fully saturated rings. The van der Waals surface area contributed by atoms with Gasteiger partial charge in [0.05, 0.1) is 31.7 Å². The van der Waals surface area contributed by atoms with E-state index in [-0.39, 0.29) is 11.8 Å². The predicted octanol–water partition coefficient (Wildman–Crippen LogP) is 0.434. The van der Waals surface area contributed by atoms with Gasteiger partial charge in [0.2, 0.25) is 5.91 Å². The van der Waals surface area contributed by atoms with E-state index in [1.54, 1.807) is 4.90 Å². The minimum absolute atomic E-state index is 0.0344. The highest BCUT2D eigenvalue weighted by molar-refractivity contribution is 5.82. The Labute approximate surface area is 127 Å². The van der Waals surface area contributed by atoms with E-state index in [1.165, 1.54) is 0 Å². The maximum Gasteiger partial charge on any atom is 0.239 e. The van der Waals surface area contributed by atoms with Gasteiger partial charge in [0, 0.05) is 32.7 Å². The number of amides is 1. The monoisotopic (exact) mass is 296 g/mol. The third kappa shape index (κ3) is 6.00. The Kier molecular flexibility index (Phi) is 8.28. The lowest BCUT2D eigenvalue weighted by atomic mass is 9.99. The Bertz CT molecular complexity index is 350. The molecule has 0 bridgehead atoms. The first kappa shape index (κ1) is 17.9. The van der Waals surface area contributed by atoms with E-state index in [0.29, 0.717) is 19.5 Å². The van der Waals surface area contributed by atoms with E-state index >= 15 is 0 Å². The standard InChI is InChI=1S/C15H28N4O2/c1-3-13(2)14(17)15(20)19(6-4-5-16)8-7-18-9-11-21-12-10-18/h13-14H,3-4,6-12,17H2,1-2H3. The van der Waals surface area contributed by atoms with Crippen molar-refractivity contribution >= 4 is 5.91 Å². The van der Waals surface area contributed by atoms with Gasteiger partial charge < -0.3 is 15.4 Å². The predicted molar refractivity (Wildman–Crippen MR) is 81.5 cm³/mol. The Morgan fingerprint density at radius 2 is 2.10 bits per heavy atom. The molecule has 2 atom stereocenters. The summed E-state index contributed by atoms with van der Waals surface area (Å²) in [5.74, 6) is 0.123. The van der Waals surface area contributed by atoms with Crippen molar-refractivity contribution in [2.75, 3.05) is 45.9 Å². The second-order valence-electron chi connectivity index (χ2n) is 5.60. The SMILES string of the molecule is CCC(C)C(N)C(=O)N(CCC#N)CCN1CCOCC1. The van der Waals surface area contributed by atoms with Crippen molar-refractivity contribution in [2.24, 2.45) is 11.7 Å². The number of hydrogen-bond acceptors (Lipinski definition) is 5. The van der Waals surface area contributed by atoms with Crippen molar-refractivity contribution in [3.8, 4) is 6.07 Å². The van der Waals surface area contributed by atoms with Crippen LogP contribution in [0.3, 0.4) is 0 Å². The zero-order valence-corrected chi connectivity index (χ0v) is 13.3. The molecule has 0 saturated carbocycles. The lowest BCUT2D eigenvalue weighted by molar-refractivity contribution is -0.134. The highest BCUT2D eigenvalue weighted by Crippen LogP contribution is 2.09. The van der Waals surface area contributed by atoms with Gasteiger partial charge in [-0.25, -0.2) is 0 Å². The van der Waals surface area contributed by atoms with Gasteiger partial charge in [0.25, 0.3) is 0 Å². The summed E-state index contributed by atoms with van der Waals surface area (Å²) in [7, 11) is 0. The van der Waals surface area contributed by atoms with Gasteiger partial charge in [-0.05, 0) is 5.92 Å². The van der Waals surface area contributed by atoms with Crippen molar-refractivity contribution in [2.45, 2.75) is 32.7 Å². The van der Waals surface area contributed by atoms with Crippen molar-refractivity contribution in [1.82, 2.24) is 9.80 Å². The van der Waals surface area contributed by atoms with Gasteiger partial charge in [0.15, 0.2) is 0 Å². The molecule has 0 radical (unpaired) electrons. The first-order valence-corrected chi connectivity index (χ1v) is 7.81. The third-order valence-electron chi connectivity index (χ3n) is 4.14. The second kappa shape index (κ2) is 9.72. The summed E-state index contributed by atoms with van der Waals surface area (Å²) in [5.41, 5.74) is 6.04. The zero-order chi connectivity index (χ0) is 15.7. The van der Waals surface area contributed by atoms with E-state index in [1.807, 2.05) is 13.8 Å². The third-order valence-corrected chi connectivity index (χ3v) is 4.14. The van der Waals surface area contributed by atoms with E-state index in [2.05, 4.69) is 11.0 Å². The van der Waals surface area contributed by atoms with E-state index in [0.717, 1.165) is 39.3 Å². The first-order valence-electron chi connectivity index (χ1n) is 7.81. The van der Waals surface area contributed by atoms with Crippen LogP contribution >= 0.6 is 0 Å². The molecule has 1 rings (SSSR count). The van der Waals surface area contributed by atoms with E-state index in [9.17, 15) is 4.79 Å². The van der Waals surface area contributed by atoms with Gasteiger partial charge in [0.1, 0.15) is 0 Å². The minimum atomic E-state index is -0.474. The molecule has 21 heavy (non-hydrogen) atoms. The fourth-order valence-corrected chi connectivity index (χ4v) is 2.31. The number of carbonyl (C=O) groups is 1. The molecule has 1 amide bonds. The summed E-state index contributed by atoms with van der Waals surface area (Å²) >= 11 is 0. The Morgan fingerprint density at radius 3 is 2.67 bits per heavy atom. The number of nitrogens with zero attached hydrogens (tertiary/aromatic N) is 3. The van der Waals surface area contributed by atoms with Crippen LogP contribution in [0.2, 0.25) is 0 Å². The molecule has 0 spiro atoms. The second-order valence-corrected chi connectivity index (χ2v) is 5.60. The molecule has 6 nitrogen and oxygen atoms in total. The average Bonchev–Trinajstić information content (AvgIpc) is 2.53. The van der Waals surface area contributed by atoms with Crippen LogP contribution in [0, 0.1) is 17.2 Å². The fourth-order valence-electron chi connectivity index (χ4n) is 2.31. The smallest absolute Gasteiger partial charge is 0.239 e. The van der Waals surface area contributed by atoms with E-state index in [4.69, 9.17) is 15.7 Å². The summed E-state index contributed by atoms with van der Waals surface area (Å²) in [6, 6.07) is 1.63. The van der Waals surface area contributed by atoms with Crippen LogP contribution in [0.4, 0.5) is 0 Å². The van der Waals surface area contributed by atoms with Gasteiger partial charge in [-0.3, -0.25) is 9.69 Å². The average molecular weight is 296 g/mol. The molecule has 6 heteroatoms. The zero-order valence-electron chi connectivity index (χ0n) is 13.3. The lowest BCUT2D eigenvalue weighted by Gasteiger charge is -2.31. The number of nitriles is 1. The van der Waals surface area contributed by atoms with Crippen LogP contribution in [-0.4, -0.2) is 67.7 Å². The number of ether oxygens (including phenoxy) is 1. The summed E-state index contributed by atoms with van der Waals surface area (Å²) in [6.07, 6.45) is 1.23. The van der Waals surface area contributed by atoms with Gasteiger partial charge in [-0.2, -0.15) is 5.26 Å². The number of rotatable bonds is 8. The van der Waals surface area contributed by atoms with Crippen molar-refractivity contribution in [3.05, 3.63) is 0 Å². The molecule has 0 aromatic rings. The van der Waals surface area contributed by atoms with Crippen molar-refractivity contribution in [3.63, 3.8) is 0 Å². The van der Waals surface area contributed by atoms with Crippen LogP contribution in [0.1, 0.15) is 26.7 Å².